The highest BCUT2D eigenvalue weighted by atomic mass is 35.5. The van der Waals surface area contributed by atoms with E-state index in [1.165, 1.54) is 11.3 Å². The van der Waals surface area contributed by atoms with Gasteiger partial charge in [-0.3, -0.25) is 4.79 Å². The van der Waals surface area contributed by atoms with Crippen LogP contribution < -0.4 is 10.1 Å². The van der Waals surface area contributed by atoms with Gasteiger partial charge < -0.3 is 10.1 Å². The van der Waals surface area contributed by atoms with Gasteiger partial charge >= 0.3 is 0 Å². The number of anilines is 1. The highest BCUT2D eigenvalue weighted by Gasteiger charge is 2.15. The van der Waals surface area contributed by atoms with Crippen LogP contribution in [0.25, 0.3) is 5.13 Å². The molecule has 0 radical (unpaired) electrons. The van der Waals surface area contributed by atoms with E-state index in [1.807, 2.05) is 50.4 Å². The molecule has 0 saturated carbocycles. The van der Waals surface area contributed by atoms with E-state index in [-0.39, 0.29) is 12.3 Å². The van der Waals surface area contributed by atoms with Crippen molar-refractivity contribution in [3.8, 4) is 10.9 Å². The van der Waals surface area contributed by atoms with Crippen LogP contribution in [0.3, 0.4) is 0 Å². The minimum atomic E-state index is -0.127. The lowest BCUT2D eigenvalue weighted by atomic mass is 10.2. The number of nitrogens with zero attached hydrogens (tertiary/aromatic N) is 3. The lowest BCUT2D eigenvalue weighted by Crippen LogP contribution is -2.14. The number of thiazole rings is 1. The van der Waals surface area contributed by atoms with Gasteiger partial charge in [0.2, 0.25) is 11.0 Å². The first kappa shape index (κ1) is 18.4. The maximum Gasteiger partial charge on any atom is 0.230 e. The van der Waals surface area contributed by atoms with Gasteiger partial charge in [-0.25, -0.2) is 9.67 Å². The highest BCUT2D eigenvalue weighted by molar-refractivity contribution is 7.12. The molecule has 1 amide bonds. The zero-order valence-corrected chi connectivity index (χ0v) is 16.3. The first-order valence-corrected chi connectivity index (χ1v) is 9.43. The van der Waals surface area contributed by atoms with Crippen LogP contribution in [0.1, 0.15) is 24.0 Å². The summed E-state index contributed by atoms with van der Waals surface area (Å²) in [7, 11) is 0. The molecule has 0 aliphatic rings. The SMILES string of the molecule is CCOc1ccc(NC(=O)Cc2csc(-n3nc(C)c(Cl)c3C)n2)cc1. The summed E-state index contributed by atoms with van der Waals surface area (Å²) in [4.78, 5) is 16.7. The van der Waals surface area contributed by atoms with E-state index >= 15 is 0 Å². The Balaban J connectivity index is 1.65. The molecule has 26 heavy (non-hydrogen) atoms. The molecule has 3 rings (SSSR count). The van der Waals surface area contributed by atoms with Gasteiger partial charge in [0.1, 0.15) is 5.75 Å². The summed E-state index contributed by atoms with van der Waals surface area (Å²) in [6.07, 6.45) is 0.191. The first-order chi connectivity index (χ1) is 12.5. The van der Waals surface area contributed by atoms with Crippen molar-refractivity contribution in [2.24, 2.45) is 0 Å². The fraction of sp³-hybridized carbons (Fsp3) is 0.278. The molecule has 0 unspecified atom stereocenters. The third kappa shape index (κ3) is 4.05. The van der Waals surface area contributed by atoms with E-state index in [0.29, 0.717) is 22.5 Å². The number of aromatic nitrogens is 3. The fourth-order valence-corrected chi connectivity index (χ4v) is 3.40. The zero-order chi connectivity index (χ0) is 18.7. The number of halogens is 1. The van der Waals surface area contributed by atoms with Crippen LogP contribution in [0.5, 0.6) is 5.75 Å². The first-order valence-electron chi connectivity index (χ1n) is 8.17. The van der Waals surface area contributed by atoms with Crippen molar-refractivity contribution in [2.75, 3.05) is 11.9 Å². The van der Waals surface area contributed by atoms with Crippen LogP contribution in [0.2, 0.25) is 5.02 Å². The second kappa shape index (κ2) is 7.88. The van der Waals surface area contributed by atoms with Crippen molar-refractivity contribution >= 4 is 34.5 Å². The molecule has 2 aromatic heterocycles. The number of aryl methyl sites for hydroxylation is 1. The van der Waals surface area contributed by atoms with Gasteiger partial charge in [-0.05, 0) is 45.0 Å². The van der Waals surface area contributed by atoms with Gasteiger partial charge in [0.25, 0.3) is 0 Å². The molecule has 3 aromatic rings. The summed E-state index contributed by atoms with van der Waals surface area (Å²) in [5.41, 5.74) is 3.01. The number of nitrogens with one attached hydrogen (secondary N) is 1. The van der Waals surface area contributed by atoms with Gasteiger partial charge in [0.05, 0.1) is 35.1 Å². The summed E-state index contributed by atoms with van der Waals surface area (Å²) < 4.78 is 7.09. The van der Waals surface area contributed by atoms with Gasteiger partial charge in [-0.2, -0.15) is 5.10 Å². The molecule has 1 N–H and O–H groups in total. The van der Waals surface area contributed by atoms with Crippen LogP contribution >= 0.6 is 22.9 Å². The lowest BCUT2D eigenvalue weighted by Gasteiger charge is -2.06. The van der Waals surface area contributed by atoms with Gasteiger partial charge in [-0.1, -0.05) is 11.6 Å². The predicted molar refractivity (Wildman–Crippen MR) is 104 cm³/mol. The quantitative estimate of drug-likeness (QED) is 0.685. The standard InChI is InChI=1S/C18H19ClN4O2S/c1-4-25-15-7-5-13(6-8-15)20-16(24)9-14-10-26-18(21-14)23-12(3)17(19)11(2)22-23/h5-8,10H,4,9H2,1-3H3,(H,20,24). The Bertz CT molecular complexity index is 918. The van der Waals surface area contributed by atoms with Crippen LogP contribution in [-0.2, 0) is 11.2 Å². The van der Waals surface area contributed by atoms with E-state index in [9.17, 15) is 4.79 Å². The molecule has 0 aliphatic heterocycles. The van der Waals surface area contributed by atoms with Gasteiger partial charge in [-0.15, -0.1) is 11.3 Å². The molecule has 136 valence electrons. The molecule has 8 heteroatoms. The maximum absolute atomic E-state index is 12.2. The van der Waals surface area contributed by atoms with E-state index in [0.717, 1.165) is 22.8 Å². The van der Waals surface area contributed by atoms with Crippen LogP contribution in [-0.4, -0.2) is 27.3 Å². The van der Waals surface area contributed by atoms with Crippen molar-refractivity contribution in [1.29, 1.82) is 0 Å². The van der Waals surface area contributed by atoms with E-state index < -0.39 is 0 Å². The summed E-state index contributed by atoms with van der Waals surface area (Å²) in [6, 6.07) is 7.28. The molecule has 1 aromatic carbocycles. The van der Waals surface area contributed by atoms with Crippen molar-refractivity contribution in [3.05, 3.63) is 51.7 Å². The van der Waals surface area contributed by atoms with Crippen LogP contribution in [0.15, 0.2) is 29.6 Å². The summed E-state index contributed by atoms with van der Waals surface area (Å²) in [5, 5.41) is 10.4. The number of amides is 1. The maximum atomic E-state index is 12.2. The lowest BCUT2D eigenvalue weighted by molar-refractivity contribution is -0.115. The number of rotatable bonds is 6. The number of carbonyl (C=O) groups is 1. The van der Waals surface area contributed by atoms with Gasteiger partial charge in [0.15, 0.2) is 0 Å². The van der Waals surface area contributed by atoms with Crippen molar-refractivity contribution < 1.29 is 9.53 Å². The Morgan fingerprint density at radius 1 is 1.31 bits per heavy atom. The smallest absolute Gasteiger partial charge is 0.230 e. The summed E-state index contributed by atoms with van der Waals surface area (Å²) in [5.74, 6) is 0.649. The normalized spacial score (nSPS) is 10.8. The molecular weight excluding hydrogens is 372 g/mol. The largest absolute Gasteiger partial charge is 0.494 e. The zero-order valence-electron chi connectivity index (χ0n) is 14.7. The second-order valence-electron chi connectivity index (χ2n) is 5.70. The Morgan fingerprint density at radius 2 is 2.04 bits per heavy atom. The van der Waals surface area contributed by atoms with Gasteiger partial charge in [0, 0.05) is 11.1 Å². The molecule has 0 fully saturated rings. The topological polar surface area (TPSA) is 69.0 Å². The Labute approximate surface area is 160 Å². The average Bonchev–Trinajstić information content (AvgIpc) is 3.17. The van der Waals surface area contributed by atoms with E-state index in [1.54, 1.807) is 4.68 Å². The number of ether oxygens (including phenoxy) is 1. The summed E-state index contributed by atoms with van der Waals surface area (Å²) >= 11 is 7.61. The minimum Gasteiger partial charge on any atom is -0.494 e. The fourth-order valence-electron chi connectivity index (χ4n) is 2.46. The average molecular weight is 391 g/mol. The third-order valence-electron chi connectivity index (χ3n) is 3.71. The number of benzene rings is 1. The monoisotopic (exact) mass is 390 g/mol. The Morgan fingerprint density at radius 3 is 2.65 bits per heavy atom. The second-order valence-corrected chi connectivity index (χ2v) is 6.91. The molecule has 0 spiro atoms. The Kier molecular flexibility index (Phi) is 5.58. The van der Waals surface area contributed by atoms with E-state index in [2.05, 4.69) is 15.4 Å². The third-order valence-corrected chi connectivity index (χ3v) is 5.13. The van der Waals surface area contributed by atoms with Crippen molar-refractivity contribution in [3.63, 3.8) is 0 Å². The molecule has 0 atom stereocenters. The number of hydrogen-bond acceptors (Lipinski definition) is 5. The molecule has 6 nitrogen and oxygen atoms in total. The molecule has 0 aliphatic carbocycles. The molecule has 0 bridgehead atoms. The molecule has 0 saturated heterocycles. The number of carbonyl (C=O) groups excluding carboxylic acids is 1. The minimum absolute atomic E-state index is 0.127. The number of hydrogen-bond donors (Lipinski definition) is 1. The van der Waals surface area contributed by atoms with Crippen LogP contribution in [0, 0.1) is 13.8 Å². The van der Waals surface area contributed by atoms with Crippen LogP contribution in [0.4, 0.5) is 5.69 Å². The molecule has 2 heterocycles. The van der Waals surface area contributed by atoms with E-state index in [4.69, 9.17) is 16.3 Å². The van der Waals surface area contributed by atoms with Crippen molar-refractivity contribution in [2.45, 2.75) is 27.2 Å². The predicted octanol–water partition coefficient (Wildman–Crippen LogP) is 4.18. The highest BCUT2D eigenvalue weighted by Crippen LogP contribution is 2.24. The Hall–Kier alpha value is -2.38. The van der Waals surface area contributed by atoms with Crippen molar-refractivity contribution in [1.82, 2.24) is 14.8 Å². The molecular formula is C18H19ClN4O2S. The summed E-state index contributed by atoms with van der Waals surface area (Å²) in [6.45, 7) is 6.28.